The van der Waals surface area contributed by atoms with Crippen LogP contribution in [0, 0.1) is 6.92 Å². The summed E-state index contributed by atoms with van der Waals surface area (Å²) in [4.78, 5) is 12.6. The lowest BCUT2D eigenvalue weighted by Crippen LogP contribution is -2.15. The molecule has 2 rings (SSSR count). The van der Waals surface area contributed by atoms with E-state index < -0.39 is 6.04 Å². The van der Waals surface area contributed by atoms with Gasteiger partial charge in [0, 0.05) is 18.6 Å². The number of aryl methyl sites for hydroxylation is 1. The first-order chi connectivity index (χ1) is 8.70. The number of nitrogens with zero attached hydrogens (tertiary/aromatic N) is 3. The molecule has 2 aromatic heterocycles. The molecule has 0 saturated heterocycles. The molecule has 0 aliphatic carbocycles. The molecule has 0 bridgehead atoms. The van der Waals surface area contributed by atoms with Crippen molar-refractivity contribution in [1.29, 1.82) is 0 Å². The molecule has 2 aromatic rings. The van der Waals surface area contributed by atoms with E-state index in [4.69, 9.17) is 10.5 Å². The first-order valence-electron chi connectivity index (χ1n) is 5.82. The lowest BCUT2D eigenvalue weighted by atomic mass is 10.1. The lowest BCUT2D eigenvalue weighted by molar-refractivity contribution is 0.338. The van der Waals surface area contributed by atoms with E-state index in [1.54, 1.807) is 24.8 Å². The van der Waals surface area contributed by atoms with Crippen molar-refractivity contribution in [2.24, 2.45) is 5.73 Å². The van der Waals surface area contributed by atoms with Crippen LogP contribution in [0.2, 0.25) is 0 Å². The normalized spacial score (nSPS) is 12.2. The van der Waals surface area contributed by atoms with Crippen LogP contribution in [-0.4, -0.2) is 21.6 Å². The maximum absolute atomic E-state index is 6.11. The number of pyridine rings is 1. The van der Waals surface area contributed by atoms with Crippen LogP contribution in [0.3, 0.4) is 0 Å². The van der Waals surface area contributed by atoms with Gasteiger partial charge in [-0.15, -0.1) is 0 Å². The molecule has 1 unspecified atom stereocenters. The van der Waals surface area contributed by atoms with Crippen LogP contribution in [0.1, 0.15) is 29.9 Å². The van der Waals surface area contributed by atoms with Crippen LogP contribution >= 0.6 is 0 Å². The van der Waals surface area contributed by atoms with Gasteiger partial charge in [-0.1, -0.05) is 0 Å². The molecule has 1 atom stereocenters. The van der Waals surface area contributed by atoms with Crippen molar-refractivity contribution in [3.63, 3.8) is 0 Å². The van der Waals surface area contributed by atoms with Crippen molar-refractivity contribution < 1.29 is 4.74 Å². The number of hydrogen-bond acceptors (Lipinski definition) is 5. The molecule has 0 amide bonds. The fourth-order valence-electron chi connectivity index (χ4n) is 1.56. The van der Waals surface area contributed by atoms with Gasteiger partial charge in [0.15, 0.2) is 0 Å². The van der Waals surface area contributed by atoms with E-state index in [0.717, 1.165) is 11.1 Å². The second-order valence-electron chi connectivity index (χ2n) is 3.98. The molecule has 5 nitrogen and oxygen atoms in total. The van der Waals surface area contributed by atoms with Gasteiger partial charge in [0.2, 0.25) is 0 Å². The van der Waals surface area contributed by atoms with Gasteiger partial charge in [-0.05, 0) is 31.0 Å². The molecule has 18 heavy (non-hydrogen) atoms. The number of nitrogens with two attached hydrogens (primary N) is 1. The van der Waals surface area contributed by atoms with E-state index >= 15 is 0 Å². The number of rotatable bonds is 4. The van der Waals surface area contributed by atoms with Gasteiger partial charge in [-0.25, -0.2) is 9.97 Å². The Kier molecular flexibility index (Phi) is 3.84. The van der Waals surface area contributed by atoms with Crippen molar-refractivity contribution in [3.8, 4) is 5.75 Å². The van der Waals surface area contributed by atoms with E-state index in [-0.39, 0.29) is 0 Å². The Morgan fingerprint density at radius 1 is 1.22 bits per heavy atom. The predicted octanol–water partition coefficient (Wildman–Crippen LogP) is 1.63. The minimum Gasteiger partial charge on any atom is -0.492 e. The highest BCUT2D eigenvalue weighted by Gasteiger charge is 2.12. The zero-order valence-electron chi connectivity index (χ0n) is 10.5. The average molecular weight is 244 g/mol. The molecule has 0 radical (unpaired) electrons. The maximum Gasteiger partial charge on any atom is 0.149 e. The van der Waals surface area contributed by atoms with Crippen LogP contribution in [-0.2, 0) is 0 Å². The fourth-order valence-corrected chi connectivity index (χ4v) is 1.56. The zero-order chi connectivity index (χ0) is 13.0. The average Bonchev–Trinajstić information content (AvgIpc) is 2.39. The lowest BCUT2D eigenvalue weighted by Gasteiger charge is -2.11. The van der Waals surface area contributed by atoms with E-state index in [1.807, 2.05) is 19.9 Å². The Hall–Kier alpha value is -2.01. The summed E-state index contributed by atoms with van der Waals surface area (Å²) in [7, 11) is 0. The van der Waals surface area contributed by atoms with Crippen LogP contribution in [0.25, 0.3) is 0 Å². The van der Waals surface area contributed by atoms with Crippen molar-refractivity contribution in [3.05, 3.63) is 47.8 Å². The summed E-state index contributed by atoms with van der Waals surface area (Å²) in [5, 5.41) is 0. The molecule has 2 N–H and O–H groups in total. The molecule has 0 aliphatic heterocycles. The number of hydrogen-bond donors (Lipinski definition) is 1. The molecule has 0 fully saturated rings. The van der Waals surface area contributed by atoms with E-state index in [9.17, 15) is 0 Å². The third kappa shape index (κ3) is 2.81. The first kappa shape index (κ1) is 12.4. The summed E-state index contributed by atoms with van der Waals surface area (Å²) >= 11 is 0. The number of aromatic nitrogens is 3. The molecule has 0 aromatic carbocycles. The third-order valence-electron chi connectivity index (χ3n) is 2.48. The smallest absolute Gasteiger partial charge is 0.149 e. The largest absolute Gasteiger partial charge is 0.492 e. The summed E-state index contributed by atoms with van der Waals surface area (Å²) in [6.07, 6.45) is 6.87. The Morgan fingerprint density at radius 3 is 2.61 bits per heavy atom. The third-order valence-corrected chi connectivity index (χ3v) is 2.48. The molecule has 0 saturated carbocycles. The Balaban J connectivity index is 2.24. The monoisotopic (exact) mass is 244 g/mol. The molecule has 0 spiro atoms. The van der Waals surface area contributed by atoms with Gasteiger partial charge >= 0.3 is 0 Å². The topological polar surface area (TPSA) is 73.9 Å². The van der Waals surface area contributed by atoms with Crippen molar-refractivity contribution in [2.75, 3.05) is 6.61 Å². The van der Waals surface area contributed by atoms with Gasteiger partial charge < -0.3 is 10.5 Å². The van der Waals surface area contributed by atoms with Crippen molar-refractivity contribution in [2.45, 2.75) is 19.9 Å². The maximum atomic E-state index is 6.11. The van der Waals surface area contributed by atoms with Crippen molar-refractivity contribution >= 4 is 0 Å². The Labute approximate surface area is 106 Å². The van der Waals surface area contributed by atoms with Gasteiger partial charge in [0.25, 0.3) is 0 Å². The SMILES string of the molecule is CCOc1cncc(C(N)c2ncc(C)cn2)c1. The highest BCUT2D eigenvalue weighted by atomic mass is 16.5. The molecule has 5 heteroatoms. The van der Waals surface area contributed by atoms with Gasteiger partial charge in [-0.3, -0.25) is 4.98 Å². The highest BCUT2D eigenvalue weighted by Crippen LogP contribution is 2.19. The molecule has 94 valence electrons. The summed E-state index contributed by atoms with van der Waals surface area (Å²) < 4.78 is 5.39. The van der Waals surface area contributed by atoms with Gasteiger partial charge in [0.1, 0.15) is 11.6 Å². The number of ether oxygens (including phenoxy) is 1. The van der Waals surface area contributed by atoms with E-state index in [0.29, 0.717) is 18.2 Å². The predicted molar refractivity (Wildman–Crippen MR) is 68.2 cm³/mol. The van der Waals surface area contributed by atoms with Crippen LogP contribution in [0.4, 0.5) is 0 Å². The van der Waals surface area contributed by atoms with Crippen LogP contribution in [0.15, 0.2) is 30.9 Å². The van der Waals surface area contributed by atoms with E-state index in [1.165, 1.54) is 0 Å². The molecule has 2 heterocycles. The van der Waals surface area contributed by atoms with Crippen LogP contribution in [0.5, 0.6) is 5.75 Å². The standard InChI is InChI=1S/C13H16N4O/c1-3-18-11-4-10(7-15-8-11)12(14)13-16-5-9(2)6-17-13/h4-8,12H,3,14H2,1-2H3. The highest BCUT2D eigenvalue weighted by molar-refractivity contribution is 5.29. The van der Waals surface area contributed by atoms with E-state index in [2.05, 4.69) is 15.0 Å². The van der Waals surface area contributed by atoms with Crippen LogP contribution < -0.4 is 10.5 Å². The second-order valence-corrected chi connectivity index (χ2v) is 3.98. The Morgan fingerprint density at radius 2 is 1.94 bits per heavy atom. The quantitative estimate of drug-likeness (QED) is 0.884. The Bertz CT molecular complexity index is 513. The first-order valence-corrected chi connectivity index (χ1v) is 5.82. The molecular formula is C13H16N4O. The summed E-state index contributed by atoms with van der Waals surface area (Å²) in [6, 6.07) is 1.48. The van der Waals surface area contributed by atoms with Gasteiger partial charge in [-0.2, -0.15) is 0 Å². The molecular weight excluding hydrogens is 228 g/mol. The van der Waals surface area contributed by atoms with Gasteiger partial charge in [0.05, 0.1) is 18.8 Å². The summed E-state index contributed by atoms with van der Waals surface area (Å²) in [5.74, 6) is 1.29. The van der Waals surface area contributed by atoms with Crippen molar-refractivity contribution in [1.82, 2.24) is 15.0 Å². The molecule has 0 aliphatic rings. The zero-order valence-corrected chi connectivity index (χ0v) is 10.5. The second kappa shape index (κ2) is 5.55. The fraction of sp³-hybridized carbons (Fsp3) is 0.308. The minimum absolute atomic E-state index is 0.390. The minimum atomic E-state index is -0.390. The summed E-state index contributed by atoms with van der Waals surface area (Å²) in [5.41, 5.74) is 7.96. The summed E-state index contributed by atoms with van der Waals surface area (Å²) in [6.45, 7) is 4.46.